The zero-order valence-corrected chi connectivity index (χ0v) is 28.3. The van der Waals surface area contributed by atoms with E-state index in [0.717, 1.165) is 27.5 Å². The summed E-state index contributed by atoms with van der Waals surface area (Å²) < 4.78 is 7.40. The van der Waals surface area contributed by atoms with E-state index >= 15 is 0 Å². The van der Waals surface area contributed by atoms with Crippen molar-refractivity contribution in [2.24, 2.45) is 0 Å². The molecule has 6 heterocycles. The van der Waals surface area contributed by atoms with Gasteiger partial charge in [-0.25, -0.2) is 4.98 Å². The number of thiophene rings is 3. The fourth-order valence-corrected chi connectivity index (χ4v) is 11.0. The van der Waals surface area contributed by atoms with Crippen molar-refractivity contribution in [3.63, 3.8) is 0 Å². The lowest BCUT2D eigenvalue weighted by molar-refractivity contribution is 1.44. The first kappa shape index (κ1) is 27.4. The maximum atomic E-state index is 5.24. The van der Waals surface area contributed by atoms with Crippen molar-refractivity contribution in [3.8, 4) is 33.4 Å². The van der Waals surface area contributed by atoms with Crippen LogP contribution in [0.3, 0.4) is 0 Å². The number of pyridine rings is 3. The summed E-state index contributed by atoms with van der Waals surface area (Å²) in [5.74, 6) is 0. The van der Waals surface area contributed by atoms with Crippen LogP contribution in [0, 0.1) is 0 Å². The third-order valence-electron chi connectivity index (χ3n) is 9.55. The molecule has 6 heteroatoms. The van der Waals surface area contributed by atoms with E-state index in [1.165, 1.54) is 77.7 Å². The molecular weight excluding hydrogens is 655 g/mol. The molecule has 0 spiro atoms. The molecule has 0 atom stereocenters. The van der Waals surface area contributed by atoms with Gasteiger partial charge in [0.05, 0.1) is 36.2 Å². The largest absolute Gasteiger partial charge is 0.255 e. The van der Waals surface area contributed by atoms with Crippen LogP contribution in [0.2, 0.25) is 0 Å². The second-order valence-electron chi connectivity index (χ2n) is 12.3. The number of para-hydroxylation sites is 1. The summed E-state index contributed by atoms with van der Waals surface area (Å²) in [6.45, 7) is 0. The summed E-state index contributed by atoms with van der Waals surface area (Å²) in [6, 6.07) is 46.1. The first-order chi connectivity index (χ1) is 24.3. The predicted octanol–water partition coefficient (Wildman–Crippen LogP) is 13.1. The number of hydrogen-bond acceptors (Lipinski definition) is 6. The van der Waals surface area contributed by atoms with Gasteiger partial charge in [0.2, 0.25) is 0 Å². The van der Waals surface area contributed by atoms with Crippen LogP contribution in [0.1, 0.15) is 0 Å². The lowest BCUT2D eigenvalue weighted by atomic mass is 9.91. The molecule has 0 saturated carbocycles. The number of benzene rings is 5. The van der Waals surface area contributed by atoms with Gasteiger partial charge in [-0.05, 0) is 82.4 Å². The first-order valence-corrected chi connectivity index (χ1v) is 18.6. The quantitative estimate of drug-likeness (QED) is 0.187. The molecule has 0 unspecified atom stereocenters. The fourth-order valence-electron chi connectivity index (χ4n) is 7.40. The predicted molar refractivity (Wildman–Crippen MR) is 212 cm³/mol. The molecule has 0 aliphatic heterocycles. The summed E-state index contributed by atoms with van der Waals surface area (Å²) in [6.07, 6.45) is 3.79. The van der Waals surface area contributed by atoms with E-state index in [2.05, 4.69) is 115 Å². The number of aromatic nitrogens is 3. The van der Waals surface area contributed by atoms with Crippen molar-refractivity contribution in [3.05, 3.63) is 140 Å². The molecule has 0 aliphatic carbocycles. The van der Waals surface area contributed by atoms with Crippen LogP contribution >= 0.6 is 34.0 Å². The Morgan fingerprint density at radius 2 is 0.918 bits per heavy atom. The molecule has 0 radical (unpaired) electrons. The van der Waals surface area contributed by atoms with Gasteiger partial charge >= 0.3 is 0 Å². The number of nitrogens with zero attached hydrogens (tertiary/aromatic N) is 3. The molecule has 228 valence electrons. The molecule has 0 saturated heterocycles. The summed E-state index contributed by atoms with van der Waals surface area (Å²) in [4.78, 5) is 14.8. The second-order valence-corrected chi connectivity index (χ2v) is 15.5. The van der Waals surface area contributed by atoms with Crippen LogP contribution in [-0.2, 0) is 0 Å². The van der Waals surface area contributed by atoms with Gasteiger partial charge < -0.3 is 0 Å². The molecule has 0 fully saturated rings. The Labute approximate surface area is 292 Å². The molecular formula is C43H23N3S3. The Kier molecular flexibility index (Phi) is 5.87. The molecule has 3 nitrogen and oxygen atoms in total. The van der Waals surface area contributed by atoms with Gasteiger partial charge in [-0.15, -0.1) is 34.0 Å². The first-order valence-electron chi connectivity index (χ1n) is 16.2. The normalized spacial score (nSPS) is 12.1. The van der Waals surface area contributed by atoms with Crippen LogP contribution in [0.4, 0.5) is 0 Å². The highest BCUT2D eigenvalue weighted by atomic mass is 32.1. The van der Waals surface area contributed by atoms with E-state index in [0.29, 0.717) is 0 Å². The van der Waals surface area contributed by atoms with E-state index in [9.17, 15) is 0 Å². The van der Waals surface area contributed by atoms with Gasteiger partial charge in [-0.1, -0.05) is 72.8 Å². The molecule has 0 N–H and O–H groups in total. The Hall–Kier alpha value is -5.53. The van der Waals surface area contributed by atoms with Crippen LogP contribution < -0.4 is 0 Å². The Bertz CT molecular complexity index is 3000. The zero-order chi connectivity index (χ0) is 32.1. The highest BCUT2D eigenvalue weighted by molar-refractivity contribution is 7.27. The van der Waals surface area contributed by atoms with Crippen molar-refractivity contribution in [1.82, 2.24) is 15.0 Å². The minimum atomic E-state index is 1.01. The highest BCUT2D eigenvalue weighted by Crippen LogP contribution is 2.47. The molecule has 0 amide bonds. The van der Waals surface area contributed by atoms with Crippen molar-refractivity contribution >= 4 is 106 Å². The van der Waals surface area contributed by atoms with Gasteiger partial charge in [-0.2, -0.15) is 0 Å². The molecule has 11 aromatic rings. The van der Waals surface area contributed by atoms with Gasteiger partial charge in [0, 0.05) is 53.6 Å². The van der Waals surface area contributed by atoms with Crippen LogP contribution in [-0.4, -0.2) is 15.0 Å². The Morgan fingerprint density at radius 3 is 1.59 bits per heavy atom. The number of hydrogen-bond donors (Lipinski definition) is 0. The maximum absolute atomic E-state index is 5.24. The molecule has 49 heavy (non-hydrogen) atoms. The highest BCUT2D eigenvalue weighted by Gasteiger charge is 2.20. The minimum absolute atomic E-state index is 1.01. The van der Waals surface area contributed by atoms with Gasteiger partial charge in [0.25, 0.3) is 0 Å². The third kappa shape index (κ3) is 4.09. The number of fused-ring (bicyclic) bond motifs is 10. The van der Waals surface area contributed by atoms with Gasteiger partial charge in [0.15, 0.2) is 0 Å². The minimum Gasteiger partial charge on any atom is -0.255 e. The standard InChI is InChI=1S/C43H23N3S3/c1-3-15-33-29(9-1)37(43-40(46-33)30-10-2-4-16-34(30)47-43)26-22-24(27-11-5-13-31-38-35(48-41(27)31)17-7-19-44-38)21-25(23-26)28-12-6-14-32-39-36(49-42(28)32)18-8-20-45-39/h1-23H. The molecule has 5 aromatic carbocycles. The van der Waals surface area contributed by atoms with Crippen LogP contribution in [0.5, 0.6) is 0 Å². The van der Waals surface area contributed by atoms with Crippen LogP contribution in [0.15, 0.2) is 140 Å². The van der Waals surface area contributed by atoms with Crippen molar-refractivity contribution in [2.75, 3.05) is 0 Å². The summed E-state index contributed by atoms with van der Waals surface area (Å²) in [5.41, 5.74) is 11.5. The second kappa shape index (κ2) is 10.5. The van der Waals surface area contributed by atoms with Gasteiger partial charge in [-0.3, -0.25) is 9.97 Å². The molecule has 6 aromatic heterocycles. The van der Waals surface area contributed by atoms with Crippen molar-refractivity contribution in [2.45, 2.75) is 0 Å². The van der Waals surface area contributed by atoms with E-state index in [-0.39, 0.29) is 0 Å². The summed E-state index contributed by atoms with van der Waals surface area (Å²) in [7, 11) is 0. The van der Waals surface area contributed by atoms with Crippen LogP contribution in [0.25, 0.3) is 105 Å². The topological polar surface area (TPSA) is 38.7 Å². The van der Waals surface area contributed by atoms with Crippen molar-refractivity contribution < 1.29 is 0 Å². The fraction of sp³-hybridized carbons (Fsp3) is 0. The van der Waals surface area contributed by atoms with E-state index in [4.69, 9.17) is 15.0 Å². The van der Waals surface area contributed by atoms with E-state index in [1.807, 2.05) is 58.5 Å². The number of rotatable bonds is 3. The summed E-state index contributed by atoms with van der Waals surface area (Å²) in [5, 5.41) is 4.77. The SMILES string of the molecule is c1ccc2c(-c3cc(-c4cccc5c4sc4cccnc45)cc(-c4cccc5c4sc4cccnc45)c3)c3sc4ccccc4c3nc2c1. The van der Waals surface area contributed by atoms with Crippen molar-refractivity contribution in [1.29, 1.82) is 0 Å². The smallest absolute Gasteiger partial charge is 0.0902 e. The maximum Gasteiger partial charge on any atom is 0.0902 e. The lowest BCUT2D eigenvalue weighted by Gasteiger charge is -2.15. The molecule has 0 bridgehead atoms. The monoisotopic (exact) mass is 677 g/mol. The van der Waals surface area contributed by atoms with E-state index in [1.54, 1.807) is 0 Å². The molecule has 0 aliphatic rings. The third-order valence-corrected chi connectivity index (χ3v) is 13.1. The van der Waals surface area contributed by atoms with Gasteiger partial charge in [0.1, 0.15) is 0 Å². The zero-order valence-electron chi connectivity index (χ0n) is 25.8. The Morgan fingerprint density at radius 1 is 0.388 bits per heavy atom. The Balaban J connectivity index is 1.28. The average Bonchev–Trinajstić information content (AvgIpc) is 3.85. The molecule has 11 rings (SSSR count). The van der Waals surface area contributed by atoms with E-state index < -0.39 is 0 Å². The average molecular weight is 678 g/mol. The summed E-state index contributed by atoms with van der Waals surface area (Å²) >= 11 is 5.48. The lowest BCUT2D eigenvalue weighted by Crippen LogP contribution is -1.90.